The number of carbonyl (C=O) groups excluding carboxylic acids is 3. The number of anilines is 1. The van der Waals surface area contributed by atoms with Crippen LogP contribution in [0, 0.1) is 11.8 Å². The Morgan fingerprint density at radius 1 is 1.00 bits per heavy atom. The van der Waals surface area contributed by atoms with Crippen LogP contribution in [-0.4, -0.2) is 34.2 Å². The molecule has 2 aliphatic rings. The first-order valence-corrected chi connectivity index (χ1v) is 13.0. The second-order valence-electron chi connectivity index (χ2n) is 9.47. The predicted octanol–water partition coefficient (Wildman–Crippen LogP) is 5.91. The van der Waals surface area contributed by atoms with Gasteiger partial charge in [0.15, 0.2) is 5.58 Å². The molecule has 1 aliphatic carbocycles. The summed E-state index contributed by atoms with van der Waals surface area (Å²) in [6.07, 6.45) is 3.57. The van der Waals surface area contributed by atoms with Gasteiger partial charge in [-0.2, -0.15) is 0 Å². The third kappa shape index (κ3) is 3.99. The number of halogens is 1. The molecular formula is C28H24BrN3O4. The Bertz CT molecular complexity index is 1500. The average Bonchev–Trinajstić information content (AvgIpc) is 3.41. The monoisotopic (exact) mass is 545 g/mol. The Kier molecular flexibility index (Phi) is 5.84. The number of benzene rings is 3. The minimum Gasteiger partial charge on any atom is -0.436 e. The van der Waals surface area contributed by atoms with E-state index in [4.69, 9.17) is 4.42 Å². The molecule has 3 amide bonds. The first-order valence-electron chi connectivity index (χ1n) is 12.2. The molecule has 1 saturated heterocycles. The zero-order valence-electron chi connectivity index (χ0n) is 19.5. The van der Waals surface area contributed by atoms with Crippen molar-refractivity contribution in [2.45, 2.75) is 32.1 Å². The van der Waals surface area contributed by atoms with Gasteiger partial charge in [-0.05, 0) is 53.9 Å². The van der Waals surface area contributed by atoms with Gasteiger partial charge in [-0.3, -0.25) is 19.3 Å². The lowest BCUT2D eigenvalue weighted by atomic mass is 9.81. The van der Waals surface area contributed by atoms with Gasteiger partial charge in [0.05, 0.1) is 11.8 Å². The van der Waals surface area contributed by atoms with Crippen LogP contribution < -0.4 is 5.32 Å². The maximum Gasteiger partial charge on any atom is 0.233 e. The van der Waals surface area contributed by atoms with Crippen molar-refractivity contribution in [1.29, 1.82) is 0 Å². The molecular weight excluding hydrogens is 522 g/mol. The second-order valence-corrected chi connectivity index (χ2v) is 10.3. The standard InChI is InChI=1S/C28H24BrN3O4/c29-22-10-4-7-17-18(22)8-3-9-19(17)26-31-23-15-16(11-12-24(23)36-26)30-25(33)13-14-32-27(34)20-5-1-2-6-21(20)28(32)35/h3-4,7-12,15,20-21H,1-2,5-6,13-14H2,(H,30,33). The summed E-state index contributed by atoms with van der Waals surface area (Å²) in [5, 5.41) is 4.96. The molecule has 6 rings (SSSR count). The van der Waals surface area contributed by atoms with Gasteiger partial charge in [0.2, 0.25) is 23.6 Å². The van der Waals surface area contributed by atoms with Gasteiger partial charge in [0.1, 0.15) is 5.52 Å². The van der Waals surface area contributed by atoms with Gasteiger partial charge in [-0.15, -0.1) is 0 Å². The van der Waals surface area contributed by atoms with E-state index in [-0.39, 0.29) is 42.5 Å². The van der Waals surface area contributed by atoms with Crippen molar-refractivity contribution < 1.29 is 18.8 Å². The van der Waals surface area contributed by atoms with Crippen molar-refractivity contribution >= 4 is 61.2 Å². The summed E-state index contributed by atoms with van der Waals surface area (Å²) in [6, 6.07) is 17.3. The number of hydrogen-bond donors (Lipinski definition) is 1. The highest BCUT2D eigenvalue weighted by molar-refractivity contribution is 9.10. The van der Waals surface area contributed by atoms with E-state index >= 15 is 0 Å². The van der Waals surface area contributed by atoms with Crippen LogP contribution in [0.25, 0.3) is 33.3 Å². The molecule has 0 radical (unpaired) electrons. The molecule has 1 N–H and O–H groups in total. The SMILES string of the molecule is O=C(CCN1C(=O)C2CCCCC2C1=O)Nc1ccc2oc(-c3cccc4c(Br)cccc34)nc2c1. The number of carbonyl (C=O) groups is 3. The molecule has 1 aliphatic heterocycles. The van der Waals surface area contributed by atoms with Crippen molar-refractivity contribution in [2.75, 3.05) is 11.9 Å². The highest BCUT2D eigenvalue weighted by Crippen LogP contribution is 2.38. The topological polar surface area (TPSA) is 92.5 Å². The van der Waals surface area contributed by atoms with E-state index in [0.29, 0.717) is 22.7 Å². The summed E-state index contributed by atoms with van der Waals surface area (Å²) < 4.78 is 7.03. The lowest BCUT2D eigenvalue weighted by molar-refractivity contribution is -0.140. The van der Waals surface area contributed by atoms with Crippen LogP contribution in [0.1, 0.15) is 32.1 Å². The molecule has 3 aromatic carbocycles. The van der Waals surface area contributed by atoms with E-state index in [0.717, 1.165) is 46.5 Å². The fourth-order valence-corrected chi connectivity index (χ4v) is 5.97. The van der Waals surface area contributed by atoms with Crippen LogP contribution in [0.5, 0.6) is 0 Å². The summed E-state index contributed by atoms with van der Waals surface area (Å²) in [5.74, 6) is -0.372. The van der Waals surface area contributed by atoms with E-state index in [9.17, 15) is 14.4 Å². The Morgan fingerprint density at radius 3 is 2.50 bits per heavy atom. The molecule has 4 aromatic rings. The van der Waals surface area contributed by atoms with E-state index in [2.05, 4.69) is 26.2 Å². The number of amides is 3. The van der Waals surface area contributed by atoms with Gasteiger partial charge >= 0.3 is 0 Å². The molecule has 0 bridgehead atoms. The molecule has 0 spiro atoms. The van der Waals surface area contributed by atoms with Crippen molar-refractivity contribution in [3.05, 3.63) is 59.1 Å². The number of oxazole rings is 1. The zero-order valence-corrected chi connectivity index (χ0v) is 21.1. The Labute approximate surface area is 216 Å². The minimum absolute atomic E-state index is 0.0594. The molecule has 1 aromatic heterocycles. The first kappa shape index (κ1) is 22.9. The van der Waals surface area contributed by atoms with Crippen LogP contribution in [0.4, 0.5) is 5.69 Å². The second kappa shape index (κ2) is 9.17. The number of likely N-dealkylation sites (tertiary alicyclic amines) is 1. The lowest BCUT2D eigenvalue weighted by Crippen LogP contribution is -2.34. The average molecular weight is 546 g/mol. The first-order chi connectivity index (χ1) is 17.5. The predicted molar refractivity (Wildman–Crippen MR) is 140 cm³/mol. The molecule has 36 heavy (non-hydrogen) atoms. The number of hydrogen-bond acceptors (Lipinski definition) is 5. The maximum absolute atomic E-state index is 12.6. The summed E-state index contributed by atoms with van der Waals surface area (Å²) in [5.41, 5.74) is 2.71. The van der Waals surface area contributed by atoms with Gasteiger partial charge in [0.25, 0.3) is 0 Å². The molecule has 2 atom stereocenters. The van der Waals surface area contributed by atoms with E-state index in [1.54, 1.807) is 18.2 Å². The van der Waals surface area contributed by atoms with Crippen molar-refractivity contribution in [3.8, 4) is 11.5 Å². The fraction of sp³-hybridized carbons (Fsp3) is 0.286. The van der Waals surface area contributed by atoms with Crippen LogP contribution in [0.2, 0.25) is 0 Å². The van der Waals surface area contributed by atoms with Crippen molar-refractivity contribution in [3.63, 3.8) is 0 Å². The summed E-state index contributed by atoms with van der Waals surface area (Å²) in [6.45, 7) is 0.115. The van der Waals surface area contributed by atoms with Crippen LogP contribution >= 0.6 is 15.9 Å². The Morgan fingerprint density at radius 2 is 1.72 bits per heavy atom. The van der Waals surface area contributed by atoms with Gasteiger partial charge in [-0.25, -0.2) is 4.98 Å². The number of nitrogens with zero attached hydrogens (tertiary/aromatic N) is 2. The summed E-state index contributed by atoms with van der Waals surface area (Å²) >= 11 is 3.60. The van der Waals surface area contributed by atoms with E-state index < -0.39 is 0 Å². The molecule has 2 heterocycles. The molecule has 182 valence electrons. The minimum atomic E-state index is -0.257. The summed E-state index contributed by atoms with van der Waals surface area (Å²) in [7, 11) is 0. The quantitative estimate of drug-likeness (QED) is 0.314. The molecule has 7 nitrogen and oxygen atoms in total. The number of nitrogens with one attached hydrogen (secondary N) is 1. The van der Waals surface area contributed by atoms with Gasteiger partial charge in [0, 0.05) is 28.7 Å². The number of imide groups is 1. The Hall–Kier alpha value is -3.52. The third-order valence-corrected chi connectivity index (χ3v) is 7.96. The summed E-state index contributed by atoms with van der Waals surface area (Å²) in [4.78, 5) is 43.9. The smallest absolute Gasteiger partial charge is 0.233 e. The van der Waals surface area contributed by atoms with E-state index in [1.165, 1.54) is 4.90 Å². The number of fused-ring (bicyclic) bond motifs is 3. The normalized spacial score (nSPS) is 19.8. The lowest BCUT2D eigenvalue weighted by Gasteiger charge is -2.19. The molecule has 2 fully saturated rings. The van der Waals surface area contributed by atoms with Crippen molar-refractivity contribution in [2.24, 2.45) is 11.8 Å². The molecule has 2 unspecified atom stereocenters. The third-order valence-electron chi connectivity index (χ3n) is 7.27. The largest absolute Gasteiger partial charge is 0.436 e. The van der Waals surface area contributed by atoms with Crippen molar-refractivity contribution in [1.82, 2.24) is 9.88 Å². The van der Waals surface area contributed by atoms with Crippen LogP contribution in [-0.2, 0) is 14.4 Å². The van der Waals surface area contributed by atoms with E-state index in [1.807, 2.05) is 36.4 Å². The highest BCUT2D eigenvalue weighted by atomic mass is 79.9. The van der Waals surface area contributed by atoms with Crippen LogP contribution in [0.15, 0.2) is 63.5 Å². The zero-order chi connectivity index (χ0) is 24.8. The van der Waals surface area contributed by atoms with Gasteiger partial charge in [-0.1, -0.05) is 53.0 Å². The van der Waals surface area contributed by atoms with Gasteiger partial charge < -0.3 is 9.73 Å². The number of rotatable bonds is 5. The molecule has 1 saturated carbocycles. The number of aromatic nitrogens is 1. The fourth-order valence-electron chi connectivity index (χ4n) is 5.47. The highest BCUT2D eigenvalue weighted by Gasteiger charge is 2.47. The maximum atomic E-state index is 12.6. The Balaban J connectivity index is 1.17. The van der Waals surface area contributed by atoms with Crippen LogP contribution in [0.3, 0.4) is 0 Å². The molecule has 8 heteroatoms.